The molecule has 0 aliphatic rings. The van der Waals surface area contributed by atoms with Crippen molar-refractivity contribution in [2.24, 2.45) is 0 Å². The minimum atomic E-state index is -1.16. The third-order valence-corrected chi connectivity index (χ3v) is 2.09. The summed E-state index contributed by atoms with van der Waals surface area (Å²) in [5, 5.41) is 8.58. The summed E-state index contributed by atoms with van der Waals surface area (Å²) in [5.41, 5.74) is 9.36. The van der Waals surface area contributed by atoms with Crippen LogP contribution in [-0.2, 0) is 11.2 Å². The van der Waals surface area contributed by atoms with Gasteiger partial charge in [-0.25, -0.2) is 4.79 Å². The topological polar surface area (TPSA) is 73.7 Å². The van der Waals surface area contributed by atoms with Gasteiger partial charge in [-0.2, -0.15) is 4.79 Å². The molecule has 1 aromatic carbocycles. The Morgan fingerprint density at radius 3 is 2.53 bits per heavy atom. The van der Waals surface area contributed by atoms with Gasteiger partial charge in [0.15, 0.2) is 0 Å². The zero-order valence-electron chi connectivity index (χ0n) is 8.26. The molecule has 0 spiro atoms. The summed E-state index contributed by atoms with van der Waals surface area (Å²) in [6.45, 7) is 0. The first kappa shape index (κ1) is 11.1. The predicted molar refractivity (Wildman–Crippen MR) is 55.6 cm³/mol. The molecule has 4 heteroatoms. The lowest BCUT2D eigenvalue weighted by Gasteiger charge is -1.97. The highest BCUT2D eigenvalue weighted by molar-refractivity contribution is 6.32. The van der Waals surface area contributed by atoms with Crippen LogP contribution in [0.3, 0.4) is 0 Å². The lowest BCUT2D eigenvalue weighted by molar-refractivity contribution is -0.134. The fourth-order valence-electron chi connectivity index (χ4n) is 1.30. The normalized spacial score (nSPS) is 9.33. The highest BCUT2D eigenvalue weighted by atomic mass is 16.4. The quantitative estimate of drug-likeness (QED) is 0.451. The second kappa shape index (κ2) is 5.73. The highest BCUT2D eigenvalue weighted by Crippen LogP contribution is 2.04. The van der Waals surface area contributed by atoms with E-state index in [0.717, 1.165) is 12.0 Å². The zero-order valence-corrected chi connectivity index (χ0v) is 8.26. The molecule has 0 aliphatic carbocycles. The first-order chi connectivity index (χ1) is 7.24. The average Bonchev–Trinajstić information content (AvgIpc) is 2.25. The lowest BCUT2D eigenvalue weighted by atomic mass is 10.1. The molecule has 15 heavy (non-hydrogen) atoms. The number of aryl methyl sites for hydroxylation is 1. The largest absolute Gasteiger partial charge is 0.473 e. The van der Waals surface area contributed by atoms with Gasteiger partial charge in [-0.3, -0.25) is 0 Å². The summed E-state index contributed by atoms with van der Waals surface area (Å²) in [4.78, 5) is 13.2. The Kier molecular flexibility index (Phi) is 4.26. The number of hydrogen-bond donors (Lipinski definition) is 1. The molecule has 0 fully saturated rings. The van der Waals surface area contributed by atoms with Crippen LogP contribution in [0.2, 0.25) is 0 Å². The summed E-state index contributed by atoms with van der Waals surface area (Å²) in [5.74, 6) is -1.16. The molecule has 1 N–H and O–H groups in total. The molecule has 0 heterocycles. The second-order valence-electron chi connectivity index (χ2n) is 3.19. The van der Waals surface area contributed by atoms with Gasteiger partial charge in [-0.1, -0.05) is 30.3 Å². The highest BCUT2D eigenvalue weighted by Gasteiger charge is 2.17. The molecule has 0 radical (unpaired) electrons. The summed E-state index contributed by atoms with van der Waals surface area (Å²) in [6.07, 6.45) is 1.73. The lowest BCUT2D eigenvalue weighted by Crippen LogP contribution is -2.14. The van der Waals surface area contributed by atoms with Crippen molar-refractivity contribution in [1.29, 1.82) is 0 Å². The number of nitrogens with zero attached hydrogens (tertiary/aromatic N) is 2. The van der Waals surface area contributed by atoms with Crippen LogP contribution in [0.1, 0.15) is 18.4 Å². The van der Waals surface area contributed by atoms with Crippen molar-refractivity contribution in [2.75, 3.05) is 0 Å². The van der Waals surface area contributed by atoms with Crippen molar-refractivity contribution in [3.05, 3.63) is 41.4 Å². The Labute approximate surface area is 87.8 Å². The Balaban J connectivity index is 2.40. The van der Waals surface area contributed by atoms with Crippen LogP contribution in [0.4, 0.5) is 0 Å². The molecular formula is C11H12N2O2. The molecule has 78 valence electrons. The fraction of sp³-hybridized carbons (Fsp3) is 0.273. The molecule has 0 amide bonds. The average molecular weight is 204 g/mol. The van der Waals surface area contributed by atoms with Gasteiger partial charge in [0.1, 0.15) is 0 Å². The van der Waals surface area contributed by atoms with Crippen LogP contribution in [0.15, 0.2) is 30.3 Å². The zero-order chi connectivity index (χ0) is 11.1. The molecule has 1 aromatic rings. The van der Waals surface area contributed by atoms with Crippen LogP contribution >= 0.6 is 0 Å². The van der Waals surface area contributed by atoms with E-state index in [-0.39, 0.29) is 12.1 Å². The third kappa shape index (κ3) is 3.75. The minimum absolute atomic E-state index is 0.189. The van der Waals surface area contributed by atoms with Gasteiger partial charge in [0.2, 0.25) is 0 Å². The van der Waals surface area contributed by atoms with Gasteiger partial charge >= 0.3 is 11.7 Å². The van der Waals surface area contributed by atoms with Gasteiger partial charge in [-0.05, 0) is 18.4 Å². The van der Waals surface area contributed by atoms with Crippen molar-refractivity contribution in [3.63, 3.8) is 0 Å². The smallest absolute Gasteiger partial charge is 0.414 e. The van der Waals surface area contributed by atoms with Crippen LogP contribution in [0.5, 0.6) is 0 Å². The summed E-state index contributed by atoms with van der Waals surface area (Å²) >= 11 is 0. The summed E-state index contributed by atoms with van der Waals surface area (Å²) in [7, 11) is 0. The molecular weight excluding hydrogens is 192 g/mol. The van der Waals surface area contributed by atoms with Gasteiger partial charge < -0.3 is 10.6 Å². The number of aliphatic carboxylic acids is 1. The van der Waals surface area contributed by atoms with Crippen molar-refractivity contribution >= 4 is 11.7 Å². The van der Waals surface area contributed by atoms with E-state index in [4.69, 9.17) is 10.6 Å². The number of benzene rings is 1. The van der Waals surface area contributed by atoms with Crippen LogP contribution in [0.25, 0.3) is 5.53 Å². The van der Waals surface area contributed by atoms with Crippen molar-refractivity contribution in [1.82, 2.24) is 0 Å². The maximum atomic E-state index is 10.5. The van der Waals surface area contributed by atoms with Gasteiger partial charge in [0, 0.05) is 0 Å². The van der Waals surface area contributed by atoms with Crippen LogP contribution < -0.4 is 0 Å². The number of carbonyl (C=O) groups is 1. The van der Waals surface area contributed by atoms with Crippen LogP contribution in [0, 0.1) is 0 Å². The van der Waals surface area contributed by atoms with Crippen molar-refractivity contribution in [2.45, 2.75) is 19.3 Å². The van der Waals surface area contributed by atoms with Crippen LogP contribution in [-0.4, -0.2) is 21.6 Å². The van der Waals surface area contributed by atoms with Gasteiger partial charge in [0.25, 0.3) is 0 Å². The Bertz CT molecular complexity index is 381. The van der Waals surface area contributed by atoms with E-state index in [1.165, 1.54) is 0 Å². The maximum Gasteiger partial charge on any atom is 0.414 e. The van der Waals surface area contributed by atoms with E-state index in [1.807, 2.05) is 30.3 Å². The minimum Gasteiger partial charge on any atom is -0.473 e. The number of hydrogen-bond acceptors (Lipinski definition) is 1. The van der Waals surface area contributed by atoms with Crippen molar-refractivity contribution in [3.8, 4) is 0 Å². The molecule has 0 bridgehead atoms. The molecule has 0 saturated carbocycles. The van der Waals surface area contributed by atoms with E-state index in [2.05, 4.69) is 4.79 Å². The Morgan fingerprint density at radius 2 is 2.00 bits per heavy atom. The molecule has 4 nitrogen and oxygen atoms in total. The molecule has 1 rings (SSSR count). The number of carboxylic acid groups (broad SMARTS) is 1. The van der Waals surface area contributed by atoms with E-state index >= 15 is 0 Å². The fourth-order valence-corrected chi connectivity index (χ4v) is 1.30. The summed E-state index contributed by atoms with van der Waals surface area (Å²) < 4.78 is 0. The monoisotopic (exact) mass is 204 g/mol. The standard InChI is InChI=1S/C11H12N2O2/c12-13-10(11(14)15)8-4-7-9-5-2-1-3-6-9/h1-3,5-6H,4,7-8H2,(H,14,15). The van der Waals surface area contributed by atoms with E-state index in [9.17, 15) is 4.79 Å². The first-order valence-electron chi connectivity index (χ1n) is 4.72. The van der Waals surface area contributed by atoms with Gasteiger partial charge in [0.05, 0.1) is 6.42 Å². The van der Waals surface area contributed by atoms with E-state index < -0.39 is 5.97 Å². The first-order valence-corrected chi connectivity index (χ1v) is 4.72. The second-order valence-corrected chi connectivity index (χ2v) is 3.19. The predicted octanol–water partition coefficient (Wildman–Crippen LogP) is 1.76. The summed E-state index contributed by atoms with van der Waals surface area (Å²) in [6, 6.07) is 9.77. The Hall–Kier alpha value is -1.93. The molecule has 0 saturated heterocycles. The number of rotatable bonds is 5. The SMILES string of the molecule is [N-]=[N+]=C(CCCc1ccccc1)C(=O)O. The maximum absolute atomic E-state index is 10.5. The molecule has 0 atom stereocenters. The molecule has 0 unspecified atom stereocenters. The third-order valence-electron chi connectivity index (χ3n) is 2.09. The Morgan fingerprint density at radius 1 is 1.33 bits per heavy atom. The van der Waals surface area contributed by atoms with E-state index in [1.54, 1.807) is 0 Å². The van der Waals surface area contributed by atoms with Gasteiger partial charge in [-0.15, -0.1) is 0 Å². The number of carboxylic acids is 1. The molecule has 0 aromatic heterocycles. The van der Waals surface area contributed by atoms with Crippen molar-refractivity contribution < 1.29 is 14.7 Å². The molecule has 0 aliphatic heterocycles. The van der Waals surface area contributed by atoms with E-state index in [0.29, 0.717) is 6.42 Å².